The minimum atomic E-state index is -0.658. The highest BCUT2D eigenvalue weighted by Crippen LogP contribution is 2.24. The van der Waals surface area contributed by atoms with Crippen molar-refractivity contribution in [2.24, 2.45) is 0 Å². The van der Waals surface area contributed by atoms with Gasteiger partial charge < -0.3 is 4.90 Å². The Morgan fingerprint density at radius 3 is 2.00 bits per heavy atom. The first-order valence-corrected chi connectivity index (χ1v) is 5.52. The van der Waals surface area contributed by atoms with E-state index in [1.165, 1.54) is 11.9 Å². The van der Waals surface area contributed by atoms with Crippen LogP contribution in [0.2, 0.25) is 0 Å². The van der Waals surface area contributed by atoms with Gasteiger partial charge in [-0.2, -0.15) is 0 Å². The smallest absolute Gasteiger partial charge is 0.316 e. The van der Waals surface area contributed by atoms with Gasteiger partial charge in [-0.15, -0.1) is 0 Å². The standard InChI is InChI=1S/C12H14ClNO3/c1-6-7(2)11(16)9(8(3)10(6)15)5-14(4)12(13)17/h5H2,1-4H3. The summed E-state index contributed by atoms with van der Waals surface area (Å²) in [5, 5.41) is -0.658. The first-order chi connectivity index (χ1) is 7.77. The van der Waals surface area contributed by atoms with Crippen molar-refractivity contribution in [2.45, 2.75) is 20.8 Å². The van der Waals surface area contributed by atoms with E-state index in [1.807, 2.05) is 0 Å². The Morgan fingerprint density at radius 2 is 1.53 bits per heavy atom. The van der Waals surface area contributed by atoms with Crippen molar-refractivity contribution in [1.82, 2.24) is 4.90 Å². The number of carbonyl (C=O) groups excluding carboxylic acids is 3. The SMILES string of the molecule is CC1=C(C)C(=O)C(CN(C)C(=O)Cl)=C(C)C1=O. The largest absolute Gasteiger partial charge is 0.328 e. The van der Waals surface area contributed by atoms with Crippen LogP contribution in [0.5, 0.6) is 0 Å². The molecule has 0 aromatic rings. The molecule has 0 radical (unpaired) electrons. The van der Waals surface area contributed by atoms with Crippen LogP contribution < -0.4 is 0 Å². The molecule has 0 aromatic heterocycles. The molecule has 4 nitrogen and oxygen atoms in total. The van der Waals surface area contributed by atoms with E-state index in [1.54, 1.807) is 20.8 Å². The fraction of sp³-hybridized carbons (Fsp3) is 0.417. The van der Waals surface area contributed by atoms with Gasteiger partial charge in [0.1, 0.15) is 0 Å². The zero-order valence-electron chi connectivity index (χ0n) is 10.3. The van der Waals surface area contributed by atoms with Crippen molar-refractivity contribution < 1.29 is 14.4 Å². The van der Waals surface area contributed by atoms with Gasteiger partial charge in [-0.05, 0) is 32.4 Å². The topological polar surface area (TPSA) is 54.5 Å². The Hall–Kier alpha value is -1.42. The third-order valence-corrected chi connectivity index (χ3v) is 3.29. The zero-order valence-corrected chi connectivity index (χ0v) is 11.0. The molecule has 0 unspecified atom stereocenters. The maximum Gasteiger partial charge on any atom is 0.316 e. The number of hydrogen-bond acceptors (Lipinski definition) is 3. The molecule has 0 saturated carbocycles. The third-order valence-electron chi connectivity index (χ3n) is 3.01. The third kappa shape index (κ3) is 2.47. The molecule has 17 heavy (non-hydrogen) atoms. The Bertz CT molecular complexity index is 474. The molecule has 0 N–H and O–H groups in total. The minimum absolute atomic E-state index is 0.0589. The van der Waals surface area contributed by atoms with Gasteiger partial charge in [-0.25, -0.2) is 0 Å². The average Bonchev–Trinajstić information content (AvgIpc) is 2.29. The summed E-state index contributed by atoms with van der Waals surface area (Å²) in [6, 6.07) is 0. The molecular weight excluding hydrogens is 242 g/mol. The van der Waals surface area contributed by atoms with Crippen molar-refractivity contribution in [3.8, 4) is 0 Å². The quantitative estimate of drug-likeness (QED) is 0.431. The highest BCUT2D eigenvalue weighted by atomic mass is 35.5. The van der Waals surface area contributed by atoms with Gasteiger partial charge in [-0.3, -0.25) is 14.4 Å². The first-order valence-electron chi connectivity index (χ1n) is 5.14. The summed E-state index contributed by atoms with van der Waals surface area (Å²) in [5.74, 6) is -0.336. The van der Waals surface area contributed by atoms with Crippen molar-refractivity contribution in [3.05, 3.63) is 22.3 Å². The normalized spacial score (nSPS) is 16.8. The van der Waals surface area contributed by atoms with E-state index in [2.05, 4.69) is 0 Å². The van der Waals surface area contributed by atoms with Crippen LogP contribution in [0.25, 0.3) is 0 Å². The molecule has 92 valence electrons. The van der Waals surface area contributed by atoms with Gasteiger partial charge in [0.15, 0.2) is 11.6 Å². The van der Waals surface area contributed by atoms with Gasteiger partial charge in [0.2, 0.25) is 0 Å². The molecule has 0 heterocycles. The lowest BCUT2D eigenvalue weighted by molar-refractivity contribution is -0.116. The summed E-state index contributed by atoms with van der Waals surface area (Å²) in [5.41, 5.74) is 1.64. The second-order valence-corrected chi connectivity index (χ2v) is 4.44. The van der Waals surface area contributed by atoms with E-state index in [0.29, 0.717) is 22.3 Å². The minimum Gasteiger partial charge on any atom is -0.328 e. The van der Waals surface area contributed by atoms with Crippen LogP contribution in [0.1, 0.15) is 20.8 Å². The highest BCUT2D eigenvalue weighted by molar-refractivity contribution is 6.62. The molecular formula is C12H14ClNO3. The summed E-state index contributed by atoms with van der Waals surface area (Å²) in [6.45, 7) is 4.90. The molecule has 0 saturated heterocycles. The average molecular weight is 256 g/mol. The Morgan fingerprint density at radius 1 is 1.06 bits per heavy atom. The molecule has 1 aliphatic carbocycles. The van der Waals surface area contributed by atoms with E-state index in [0.717, 1.165) is 0 Å². The van der Waals surface area contributed by atoms with E-state index >= 15 is 0 Å². The van der Waals surface area contributed by atoms with E-state index < -0.39 is 5.37 Å². The van der Waals surface area contributed by atoms with Crippen LogP contribution in [0.4, 0.5) is 4.79 Å². The molecule has 0 fully saturated rings. The van der Waals surface area contributed by atoms with Crippen molar-refractivity contribution in [3.63, 3.8) is 0 Å². The monoisotopic (exact) mass is 255 g/mol. The molecule has 0 aliphatic heterocycles. The van der Waals surface area contributed by atoms with Gasteiger partial charge in [0.25, 0.3) is 0 Å². The van der Waals surface area contributed by atoms with E-state index in [9.17, 15) is 14.4 Å². The number of Topliss-reactive ketones (excluding diaryl/α,β-unsaturated/α-hetero) is 2. The maximum absolute atomic E-state index is 12.0. The highest BCUT2D eigenvalue weighted by Gasteiger charge is 2.28. The molecule has 1 rings (SSSR count). The number of nitrogens with zero attached hydrogens (tertiary/aromatic N) is 1. The predicted molar refractivity (Wildman–Crippen MR) is 65.0 cm³/mol. The fourth-order valence-corrected chi connectivity index (χ4v) is 1.70. The second-order valence-electron chi connectivity index (χ2n) is 4.12. The number of amides is 1. The lowest BCUT2D eigenvalue weighted by atomic mass is 9.86. The lowest BCUT2D eigenvalue weighted by Crippen LogP contribution is -2.31. The predicted octanol–water partition coefficient (Wildman–Crippen LogP) is 2.08. The van der Waals surface area contributed by atoms with E-state index in [-0.39, 0.29) is 18.1 Å². The second kappa shape index (κ2) is 4.84. The van der Waals surface area contributed by atoms with Gasteiger partial charge in [0.05, 0.1) is 6.54 Å². The van der Waals surface area contributed by atoms with Crippen molar-refractivity contribution in [2.75, 3.05) is 13.6 Å². The van der Waals surface area contributed by atoms with E-state index in [4.69, 9.17) is 11.6 Å². The van der Waals surface area contributed by atoms with Crippen LogP contribution in [0.15, 0.2) is 22.3 Å². The molecule has 0 bridgehead atoms. The van der Waals surface area contributed by atoms with Crippen LogP contribution in [0, 0.1) is 0 Å². The fourth-order valence-electron chi connectivity index (χ4n) is 1.65. The van der Waals surface area contributed by atoms with Crippen LogP contribution in [-0.2, 0) is 9.59 Å². The summed E-state index contributed by atoms with van der Waals surface area (Å²) in [6.07, 6.45) is 0. The van der Waals surface area contributed by atoms with Crippen LogP contribution in [-0.4, -0.2) is 35.4 Å². The number of ketones is 2. The van der Waals surface area contributed by atoms with Gasteiger partial charge in [-0.1, -0.05) is 0 Å². The van der Waals surface area contributed by atoms with Crippen molar-refractivity contribution in [1.29, 1.82) is 0 Å². The lowest BCUT2D eigenvalue weighted by Gasteiger charge is -2.22. The van der Waals surface area contributed by atoms with Crippen LogP contribution in [0.3, 0.4) is 0 Å². The first kappa shape index (κ1) is 13.6. The molecule has 0 aromatic carbocycles. The zero-order chi connectivity index (χ0) is 13.3. The molecule has 0 atom stereocenters. The van der Waals surface area contributed by atoms with Gasteiger partial charge in [0, 0.05) is 29.3 Å². The number of likely N-dealkylation sites (N-methyl/N-ethyl adjacent to an activating group) is 1. The number of rotatable bonds is 2. The Kier molecular flexibility index (Phi) is 3.88. The van der Waals surface area contributed by atoms with Crippen LogP contribution >= 0.6 is 11.6 Å². The Balaban J connectivity index is 3.12. The summed E-state index contributed by atoms with van der Waals surface area (Å²) >= 11 is 5.30. The summed E-state index contributed by atoms with van der Waals surface area (Å²) in [4.78, 5) is 36.0. The Labute approximate surface area is 105 Å². The number of carbonyl (C=O) groups is 3. The molecule has 0 spiro atoms. The number of halogens is 1. The molecule has 5 heteroatoms. The summed E-state index contributed by atoms with van der Waals surface area (Å²) < 4.78 is 0. The van der Waals surface area contributed by atoms with Crippen molar-refractivity contribution >= 4 is 28.5 Å². The number of hydrogen-bond donors (Lipinski definition) is 0. The van der Waals surface area contributed by atoms with Gasteiger partial charge >= 0.3 is 5.37 Å². The molecule has 1 amide bonds. The summed E-state index contributed by atoms with van der Waals surface area (Å²) in [7, 11) is 1.48. The molecule has 1 aliphatic rings. The maximum atomic E-state index is 12.0. The number of allylic oxidation sites excluding steroid dienone is 3.